The van der Waals surface area contributed by atoms with Crippen LogP contribution in [0.2, 0.25) is 0 Å². The first-order valence-electron chi connectivity index (χ1n) is 9.35. The van der Waals surface area contributed by atoms with Crippen molar-refractivity contribution < 1.29 is 0 Å². The van der Waals surface area contributed by atoms with Crippen LogP contribution in [0.25, 0.3) is 0 Å². The maximum Gasteiger partial charge on any atom is 0.193 e. The van der Waals surface area contributed by atoms with Gasteiger partial charge in [0.1, 0.15) is 0 Å². The molecule has 1 N–H and O–H groups in total. The topological polar surface area (TPSA) is 27.6 Å². The second-order valence-electron chi connectivity index (χ2n) is 7.65. The zero-order valence-corrected chi connectivity index (χ0v) is 17.0. The molecule has 0 radical (unpaired) electrons. The van der Waals surface area contributed by atoms with Crippen molar-refractivity contribution in [3.63, 3.8) is 0 Å². The predicted octanol–water partition coefficient (Wildman–Crippen LogP) is 4.11. The Labute approximate surface area is 163 Å². The van der Waals surface area contributed by atoms with E-state index in [9.17, 15) is 0 Å². The van der Waals surface area contributed by atoms with Gasteiger partial charge in [-0.3, -0.25) is 4.99 Å². The third-order valence-corrected chi connectivity index (χ3v) is 6.16. The standard InChI is InChI=1S/C20H29N3.HI/c1-21-20(23-13-16-9-5-6-10-17(16)14-23)22-12-18-11-19(18)15-7-3-2-4-8-15;/h2-4,7-8,16-19H,5-6,9-14H2,1H3,(H,21,22);1H. The fraction of sp³-hybridized carbons (Fsp3) is 0.650. The molecule has 1 heterocycles. The number of nitrogens with zero attached hydrogens (tertiary/aromatic N) is 2. The monoisotopic (exact) mass is 439 g/mol. The number of fused-ring (bicyclic) bond motifs is 1. The summed E-state index contributed by atoms with van der Waals surface area (Å²) in [4.78, 5) is 7.07. The summed E-state index contributed by atoms with van der Waals surface area (Å²) in [5.41, 5.74) is 1.50. The third-order valence-electron chi connectivity index (χ3n) is 6.16. The van der Waals surface area contributed by atoms with Gasteiger partial charge < -0.3 is 10.2 Å². The zero-order valence-electron chi connectivity index (χ0n) is 14.7. The summed E-state index contributed by atoms with van der Waals surface area (Å²) in [6.45, 7) is 3.51. The van der Waals surface area contributed by atoms with Gasteiger partial charge in [-0.2, -0.15) is 0 Å². The molecule has 4 rings (SSSR count). The lowest BCUT2D eigenvalue weighted by atomic mass is 9.82. The van der Waals surface area contributed by atoms with Crippen LogP contribution in [0.3, 0.4) is 0 Å². The van der Waals surface area contributed by atoms with Crippen molar-refractivity contribution in [3.05, 3.63) is 35.9 Å². The molecule has 4 unspecified atom stereocenters. The molecule has 1 saturated heterocycles. The van der Waals surface area contributed by atoms with E-state index in [1.807, 2.05) is 7.05 Å². The number of benzene rings is 1. The number of likely N-dealkylation sites (tertiary alicyclic amines) is 1. The molecule has 24 heavy (non-hydrogen) atoms. The van der Waals surface area contributed by atoms with Crippen molar-refractivity contribution in [3.8, 4) is 0 Å². The van der Waals surface area contributed by atoms with E-state index < -0.39 is 0 Å². The highest BCUT2D eigenvalue weighted by atomic mass is 127. The van der Waals surface area contributed by atoms with E-state index in [-0.39, 0.29) is 24.0 Å². The number of guanidine groups is 1. The van der Waals surface area contributed by atoms with E-state index in [2.05, 4.69) is 45.5 Å². The van der Waals surface area contributed by atoms with Crippen LogP contribution < -0.4 is 5.32 Å². The molecule has 3 fully saturated rings. The van der Waals surface area contributed by atoms with Crippen LogP contribution in [0.15, 0.2) is 35.3 Å². The van der Waals surface area contributed by atoms with Gasteiger partial charge in [0.05, 0.1) is 0 Å². The van der Waals surface area contributed by atoms with Gasteiger partial charge in [0.2, 0.25) is 0 Å². The SMILES string of the molecule is CN=C(NCC1CC1c1ccccc1)N1CC2CCCCC2C1.I. The second-order valence-corrected chi connectivity index (χ2v) is 7.65. The highest BCUT2D eigenvalue weighted by molar-refractivity contribution is 14.0. The quantitative estimate of drug-likeness (QED) is 0.436. The van der Waals surface area contributed by atoms with Crippen LogP contribution in [0, 0.1) is 17.8 Å². The fourth-order valence-corrected chi connectivity index (χ4v) is 4.72. The number of hydrogen-bond donors (Lipinski definition) is 1. The first-order valence-corrected chi connectivity index (χ1v) is 9.35. The van der Waals surface area contributed by atoms with Crippen LogP contribution in [0.4, 0.5) is 0 Å². The van der Waals surface area contributed by atoms with Crippen LogP contribution in [0.5, 0.6) is 0 Å². The van der Waals surface area contributed by atoms with Crippen molar-refractivity contribution in [1.29, 1.82) is 0 Å². The van der Waals surface area contributed by atoms with Crippen molar-refractivity contribution in [2.75, 3.05) is 26.7 Å². The van der Waals surface area contributed by atoms with E-state index in [1.54, 1.807) is 0 Å². The smallest absolute Gasteiger partial charge is 0.193 e. The van der Waals surface area contributed by atoms with Gasteiger partial charge in [-0.15, -0.1) is 24.0 Å². The maximum absolute atomic E-state index is 4.56. The molecular formula is C20H30IN3. The Kier molecular flexibility index (Phi) is 6.06. The minimum absolute atomic E-state index is 0. The lowest BCUT2D eigenvalue weighted by Crippen LogP contribution is -2.41. The Balaban J connectivity index is 0.00000169. The highest BCUT2D eigenvalue weighted by Crippen LogP contribution is 2.46. The Morgan fingerprint density at radius 3 is 2.42 bits per heavy atom. The van der Waals surface area contributed by atoms with Crippen molar-refractivity contribution in [2.24, 2.45) is 22.7 Å². The Morgan fingerprint density at radius 1 is 1.12 bits per heavy atom. The molecule has 132 valence electrons. The molecule has 1 aromatic carbocycles. The van der Waals surface area contributed by atoms with Gasteiger partial charge in [0.15, 0.2) is 5.96 Å². The van der Waals surface area contributed by atoms with E-state index in [0.717, 1.165) is 36.2 Å². The molecule has 4 atom stereocenters. The number of halogens is 1. The molecule has 0 bridgehead atoms. The molecule has 2 aliphatic carbocycles. The van der Waals surface area contributed by atoms with Gasteiger partial charge >= 0.3 is 0 Å². The molecule has 1 aliphatic heterocycles. The summed E-state index contributed by atoms with van der Waals surface area (Å²) >= 11 is 0. The fourth-order valence-electron chi connectivity index (χ4n) is 4.72. The zero-order chi connectivity index (χ0) is 15.6. The lowest BCUT2D eigenvalue weighted by molar-refractivity contribution is 0.299. The Bertz CT molecular complexity index is 545. The average molecular weight is 439 g/mol. The predicted molar refractivity (Wildman–Crippen MR) is 111 cm³/mol. The molecule has 0 amide bonds. The van der Waals surface area contributed by atoms with E-state index >= 15 is 0 Å². The first-order chi connectivity index (χ1) is 11.3. The van der Waals surface area contributed by atoms with Crippen LogP contribution >= 0.6 is 24.0 Å². The minimum atomic E-state index is 0. The summed E-state index contributed by atoms with van der Waals surface area (Å²) < 4.78 is 0. The van der Waals surface area contributed by atoms with Crippen LogP contribution in [0.1, 0.15) is 43.6 Å². The number of nitrogens with one attached hydrogen (secondary N) is 1. The number of aliphatic imine (C=N–C) groups is 1. The van der Waals surface area contributed by atoms with Crippen LogP contribution in [-0.2, 0) is 0 Å². The van der Waals surface area contributed by atoms with Crippen LogP contribution in [-0.4, -0.2) is 37.5 Å². The largest absolute Gasteiger partial charge is 0.356 e. The lowest BCUT2D eigenvalue weighted by Gasteiger charge is -2.22. The molecule has 0 spiro atoms. The van der Waals surface area contributed by atoms with Gasteiger partial charge in [-0.25, -0.2) is 0 Å². The summed E-state index contributed by atoms with van der Waals surface area (Å²) in [5, 5.41) is 3.66. The van der Waals surface area contributed by atoms with Gasteiger partial charge in [0.25, 0.3) is 0 Å². The first kappa shape index (κ1) is 18.0. The second kappa shape index (κ2) is 8.07. The summed E-state index contributed by atoms with van der Waals surface area (Å²) in [7, 11) is 1.94. The van der Waals surface area contributed by atoms with Crippen molar-refractivity contribution >= 4 is 29.9 Å². The molecule has 4 heteroatoms. The van der Waals surface area contributed by atoms with Gasteiger partial charge in [-0.05, 0) is 48.5 Å². The van der Waals surface area contributed by atoms with Gasteiger partial charge in [-0.1, -0.05) is 43.2 Å². The molecule has 0 aromatic heterocycles. The summed E-state index contributed by atoms with van der Waals surface area (Å²) in [6.07, 6.45) is 7.04. The third kappa shape index (κ3) is 3.89. The molecule has 2 saturated carbocycles. The maximum atomic E-state index is 4.56. The number of hydrogen-bond acceptors (Lipinski definition) is 1. The van der Waals surface area contributed by atoms with Crippen molar-refractivity contribution in [2.45, 2.75) is 38.0 Å². The summed E-state index contributed by atoms with van der Waals surface area (Å²) in [5.74, 6) is 4.50. The normalized spacial score (nSPS) is 32.0. The summed E-state index contributed by atoms with van der Waals surface area (Å²) in [6, 6.07) is 11.0. The molecule has 3 nitrogen and oxygen atoms in total. The van der Waals surface area contributed by atoms with E-state index in [1.165, 1.54) is 50.8 Å². The van der Waals surface area contributed by atoms with E-state index in [0.29, 0.717) is 0 Å². The Morgan fingerprint density at radius 2 is 1.79 bits per heavy atom. The van der Waals surface area contributed by atoms with E-state index in [4.69, 9.17) is 0 Å². The molecule has 3 aliphatic rings. The molecular weight excluding hydrogens is 409 g/mol. The average Bonchev–Trinajstić information content (AvgIpc) is 3.25. The Hall–Kier alpha value is -0.780. The molecule has 1 aromatic rings. The van der Waals surface area contributed by atoms with Gasteiger partial charge in [0, 0.05) is 26.7 Å². The minimum Gasteiger partial charge on any atom is -0.356 e. The number of rotatable bonds is 3. The van der Waals surface area contributed by atoms with Crippen molar-refractivity contribution in [1.82, 2.24) is 10.2 Å². The highest BCUT2D eigenvalue weighted by Gasteiger charge is 2.39.